The predicted octanol–water partition coefficient (Wildman–Crippen LogP) is 2.70. The molecule has 7 heteroatoms. The second-order valence-corrected chi connectivity index (χ2v) is 8.48. The Bertz CT molecular complexity index is 1060. The van der Waals surface area contributed by atoms with E-state index < -0.39 is 17.9 Å². The minimum atomic E-state index is -1.13. The molecule has 182 valence electrons. The molecule has 0 amide bonds. The van der Waals surface area contributed by atoms with Crippen LogP contribution in [0.4, 0.5) is 0 Å². The quantitative estimate of drug-likeness (QED) is 0.492. The molecule has 0 saturated carbocycles. The summed E-state index contributed by atoms with van der Waals surface area (Å²) < 4.78 is 1.51. The van der Waals surface area contributed by atoms with Crippen LogP contribution in [0.1, 0.15) is 58.3 Å². The molecule has 3 aromatic rings. The van der Waals surface area contributed by atoms with E-state index in [1.165, 1.54) is 52.3 Å². The zero-order valence-electron chi connectivity index (χ0n) is 20.3. The Morgan fingerprint density at radius 1 is 0.556 bits per heavy atom. The van der Waals surface area contributed by atoms with E-state index in [0.717, 1.165) is 0 Å². The van der Waals surface area contributed by atoms with Gasteiger partial charge in [0.05, 0.1) is 17.9 Å². The summed E-state index contributed by atoms with van der Waals surface area (Å²) >= 11 is 2.21. The van der Waals surface area contributed by atoms with Gasteiger partial charge in [0, 0.05) is 0 Å². The van der Waals surface area contributed by atoms with E-state index >= 15 is 0 Å². The minimum Gasteiger partial charge on any atom is -0.545 e. The van der Waals surface area contributed by atoms with Gasteiger partial charge in [-0.15, -0.1) is 0 Å². The minimum absolute atomic E-state index is 0.220. The largest absolute Gasteiger partial charge is 0.545 e. The molecule has 0 radical (unpaired) electrons. The van der Waals surface area contributed by atoms with Gasteiger partial charge in [-0.05, 0) is 16.7 Å². The average molecular weight is 518 g/mol. The van der Waals surface area contributed by atoms with Crippen molar-refractivity contribution in [2.45, 2.75) is 27.2 Å². The van der Waals surface area contributed by atoms with Crippen LogP contribution in [0.25, 0.3) is 0 Å². The first-order valence-electron chi connectivity index (χ1n) is 10.9. The van der Waals surface area contributed by atoms with Gasteiger partial charge >= 0.3 is 68.2 Å². The van der Waals surface area contributed by atoms with Crippen molar-refractivity contribution in [3.8, 4) is 0 Å². The molecule has 0 fully saturated rings. The monoisotopic (exact) mass is 518 g/mol. The van der Waals surface area contributed by atoms with Crippen LogP contribution in [0, 0.1) is 0 Å². The topological polar surface area (TPSA) is 120 Å². The summed E-state index contributed by atoms with van der Waals surface area (Å²) in [7, 11) is 0. The zero-order valence-corrected chi connectivity index (χ0v) is 21.9. The molecular weight excluding hydrogens is 492 g/mol. The molecule has 0 bridgehead atoms. The molecule has 0 atom stereocenters. The second kappa shape index (κ2) is 16.0. The standard InChI is InChI=1S/C8H11.3C7H6O2.Ti/c1-6-4-7(2)8(3)5-6;3*8-7(9)6-4-2-1-3-5-6;/h4H2,1-3H3;3*1-5H,(H,8,9);/q;;;;+3/p-3. The second-order valence-electron chi connectivity index (χ2n) is 7.70. The van der Waals surface area contributed by atoms with E-state index in [0.29, 0.717) is 0 Å². The fourth-order valence-corrected chi connectivity index (χ4v) is 3.35. The summed E-state index contributed by atoms with van der Waals surface area (Å²) in [5.41, 5.74) is 5.26. The molecule has 0 unspecified atom stereocenters. The Labute approximate surface area is 223 Å². The van der Waals surface area contributed by atoms with Crippen molar-refractivity contribution in [2.24, 2.45) is 0 Å². The molecule has 0 saturated heterocycles. The third-order valence-corrected chi connectivity index (χ3v) is 6.25. The molecule has 1 aliphatic carbocycles. The number of carbonyl (C=O) groups is 3. The first-order valence-corrected chi connectivity index (χ1v) is 11.7. The zero-order chi connectivity index (χ0) is 27.1. The number of carboxylic acid groups (broad SMARTS) is 3. The van der Waals surface area contributed by atoms with Gasteiger partial charge in [-0.25, -0.2) is 0 Å². The smallest absolute Gasteiger partial charge is 0.0715 e. The third-order valence-electron chi connectivity index (χ3n) is 5.00. The van der Waals surface area contributed by atoms with Crippen LogP contribution in [-0.4, -0.2) is 17.9 Å². The Morgan fingerprint density at radius 3 is 0.944 bits per heavy atom. The Balaban J connectivity index is 0.000000240. The van der Waals surface area contributed by atoms with Gasteiger partial charge in [-0.1, -0.05) is 91.0 Å². The molecule has 3 aromatic carbocycles. The number of carboxylic acids is 3. The van der Waals surface area contributed by atoms with Crippen molar-refractivity contribution >= 4 is 17.9 Å². The Hall–Kier alpha value is -3.74. The van der Waals surface area contributed by atoms with Crippen LogP contribution in [0.2, 0.25) is 0 Å². The first-order chi connectivity index (χ1) is 17.0. The van der Waals surface area contributed by atoms with Crippen LogP contribution >= 0.6 is 0 Å². The number of hydrogen-bond acceptors (Lipinski definition) is 6. The molecule has 0 aliphatic heterocycles. The molecule has 0 aromatic heterocycles. The first kappa shape index (κ1) is 30.3. The van der Waals surface area contributed by atoms with Gasteiger partial charge in [0.2, 0.25) is 0 Å². The Morgan fingerprint density at radius 2 is 0.833 bits per heavy atom. The Kier molecular flexibility index (Phi) is 13.5. The molecule has 0 N–H and O–H groups in total. The number of hydrogen-bond donors (Lipinski definition) is 0. The van der Waals surface area contributed by atoms with Crippen molar-refractivity contribution in [1.82, 2.24) is 0 Å². The fourth-order valence-electron chi connectivity index (χ4n) is 2.87. The maximum atomic E-state index is 10.1. The van der Waals surface area contributed by atoms with E-state index in [1.807, 2.05) is 0 Å². The van der Waals surface area contributed by atoms with Gasteiger partial charge in [0.25, 0.3) is 0 Å². The molecule has 0 heterocycles. The molecule has 36 heavy (non-hydrogen) atoms. The van der Waals surface area contributed by atoms with Crippen molar-refractivity contribution in [3.05, 3.63) is 128 Å². The van der Waals surface area contributed by atoms with Crippen LogP contribution in [0.3, 0.4) is 0 Å². The maximum absolute atomic E-state index is 10.1. The number of rotatable bonds is 3. The van der Waals surface area contributed by atoms with Crippen molar-refractivity contribution in [3.63, 3.8) is 0 Å². The van der Waals surface area contributed by atoms with Crippen LogP contribution in [0.5, 0.6) is 0 Å². The normalized spacial score (nSPS) is 11.7. The third kappa shape index (κ3) is 11.1. The summed E-state index contributed by atoms with van der Waals surface area (Å²) in [4.78, 5) is 30.3. The molecule has 4 rings (SSSR count). The van der Waals surface area contributed by atoms with Crippen LogP contribution < -0.4 is 15.3 Å². The van der Waals surface area contributed by atoms with Crippen molar-refractivity contribution in [1.29, 1.82) is 0 Å². The fraction of sp³-hybridized carbons (Fsp3) is 0.138. The number of aromatic carboxylic acids is 3. The predicted molar refractivity (Wildman–Crippen MR) is 128 cm³/mol. The number of allylic oxidation sites excluding steroid dienone is 4. The maximum Gasteiger partial charge on any atom is 0.0715 e. The average Bonchev–Trinajstić information content (AvgIpc) is 3.11. The molecule has 0 spiro atoms. The van der Waals surface area contributed by atoms with Gasteiger partial charge in [0.1, 0.15) is 0 Å². The van der Waals surface area contributed by atoms with Crippen LogP contribution in [-0.2, 0) is 20.4 Å². The number of benzene rings is 3. The summed E-state index contributed by atoms with van der Waals surface area (Å²) in [6.07, 6.45) is 1.21. The van der Waals surface area contributed by atoms with Gasteiger partial charge in [0.15, 0.2) is 0 Å². The number of carbonyl (C=O) groups excluding carboxylic acids is 3. The summed E-state index contributed by atoms with van der Waals surface area (Å²) in [6.45, 7) is 6.64. The van der Waals surface area contributed by atoms with E-state index in [2.05, 4.69) is 41.2 Å². The molecular formula is C29H26O6Ti. The van der Waals surface area contributed by atoms with E-state index in [-0.39, 0.29) is 16.7 Å². The summed E-state index contributed by atoms with van der Waals surface area (Å²) in [6, 6.07) is 24.2. The summed E-state index contributed by atoms with van der Waals surface area (Å²) in [5.74, 6) is -3.39. The molecule has 1 aliphatic rings. The van der Waals surface area contributed by atoms with Gasteiger partial charge < -0.3 is 29.7 Å². The van der Waals surface area contributed by atoms with E-state index in [9.17, 15) is 29.7 Å². The summed E-state index contributed by atoms with van der Waals surface area (Å²) in [5, 5.41) is 30.3. The molecule has 6 nitrogen and oxygen atoms in total. The van der Waals surface area contributed by atoms with Crippen molar-refractivity contribution < 1.29 is 50.1 Å². The van der Waals surface area contributed by atoms with Gasteiger partial charge in [-0.2, -0.15) is 0 Å². The van der Waals surface area contributed by atoms with Crippen LogP contribution in [0.15, 0.2) is 112 Å². The van der Waals surface area contributed by atoms with E-state index in [4.69, 9.17) is 0 Å². The van der Waals surface area contributed by atoms with Crippen molar-refractivity contribution in [2.75, 3.05) is 0 Å². The van der Waals surface area contributed by atoms with Gasteiger partial charge in [-0.3, -0.25) is 0 Å². The SMILES string of the molecule is CC1=C(C)[C]([Ti+3])=C(C)C1.O=C([O-])c1ccccc1.O=C([O-])c1ccccc1.O=C([O-])c1ccccc1. The van der Waals surface area contributed by atoms with E-state index in [1.54, 1.807) is 65.7 Å².